The first-order valence-corrected chi connectivity index (χ1v) is 19.0. The summed E-state index contributed by atoms with van der Waals surface area (Å²) in [5.41, 5.74) is 11.9. The molecule has 3 rings (SSSR count). The van der Waals surface area contributed by atoms with Gasteiger partial charge in [-0.05, 0) is 104 Å². The Kier molecular flexibility index (Phi) is 27.6. The van der Waals surface area contributed by atoms with Gasteiger partial charge < -0.3 is 10.2 Å². The molecule has 1 heterocycles. The number of aryl methyl sites for hydroxylation is 2. The summed E-state index contributed by atoms with van der Waals surface area (Å²) in [6.45, 7) is 48.0. The fourth-order valence-electron chi connectivity index (χ4n) is 4.79. The Bertz CT molecular complexity index is 1370. The molecule has 0 amide bonds. The van der Waals surface area contributed by atoms with E-state index < -0.39 is 0 Å². The smallest absolute Gasteiger partial charge is 0.138 e. The van der Waals surface area contributed by atoms with Gasteiger partial charge in [-0.25, -0.2) is 4.98 Å². The highest BCUT2D eigenvalue weighted by Gasteiger charge is 2.12. The predicted octanol–water partition coefficient (Wildman–Crippen LogP) is 15.5. The first-order chi connectivity index (χ1) is 23.4. The van der Waals surface area contributed by atoms with Crippen molar-refractivity contribution in [3.63, 3.8) is 0 Å². The summed E-state index contributed by atoms with van der Waals surface area (Å²) in [5.74, 6) is 2.26. The van der Waals surface area contributed by atoms with E-state index in [-0.39, 0.29) is 0 Å². The molecule has 0 radical (unpaired) electrons. The van der Waals surface area contributed by atoms with Crippen molar-refractivity contribution in [1.82, 2.24) is 4.98 Å². The third-order valence-corrected chi connectivity index (χ3v) is 7.63. The lowest BCUT2D eigenvalue weighted by molar-refractivity contribution is 0.410. The summed E-state index contributed by atoms with van der Waals surface area (Å²) in [6, 6.07) is 19.2. The van der Waals surface area contributed by atoms with E-state index in [0.717, 1.165) is 52.7 Å². The van der Waals surface area contributed by atoms with Crippen LogP contribution in [0.25, 0.3) is 11.1 Å². The summed E-state index contributed by atoms with van der Waals surface area (Å²) in [6.07, 6.45) is 2.05. The molecule has 1 atom stereocenters. The number of anilines is 3. The molecule has 3 heteroatoms. The molecule has 0 spiro atoms. The molecule has 1 N–H and O–H groups in total. The van der Waals surface area contributed by atoms with E-state index >= 15 is 0 Å². The van der Waals surface area contributed by atoms with Gasteiger partial charge in [0.15, 0.2) is 0 Å². The molecule has 0 bridgehead atoms. The van der Waals surface area contributed by atoms with Crippen LogP contribution in [0.5, 0.6) is 0 Å². The highest BCUT2D eigenvalue weighted by atomic mass is 15.1. The molecule has 282 valence electrons. The van der Waals surface area contributed by atoms with Gasteiger partial charge in [0.2, 0.25) is 0 Å². The molecule has 0 aliphatic rings. The molecule has 0 aliphatic heterocycles. The van der Waals surface area contributed by atoms with Crippen molar-refractivity contribution in [2.24, 2.45) is 11.3 Å². The Balaban J connectivity index is -0.000000729. The molecule has 0 fully saturated rings. The first-order valence-electron chi connectivity index (χ1n) is 19.0. The molecule has 1 aromatic heterocycles. The minimum atomic E-state index is 0.422. The van der Waals surface area contributed by atoms with Crippen LogP contribution in [-0.2, 0) is 0 Å². The van der Waals surface area contributed by atoms with Gasteiger partial charge in [-0.2, -0.15) is 0 Å². The maximum atomic E-state index is 4.74. The fraction of sp³-hybridized carbons (Fsp3) is 0.511. The van der Waals surface area contributed by atoms with E-state index in [9.17, 15) is 0 Å². The third-order valence-electron chi connectivity index (χ3n) is 7.63. The van der Waals surface area contributed by atoms with Crippen LogP contribution in [0.3, 0.4) is 0 Å². The highest BCUT2D eigenvalue weighted by Crippen LogP contribution is 2.33. The van der Waals surface area contributed by atoms with Gasteiger partial charge in [0, 0.05) is 42.3 Å². The molecule has 0 aliphatic carbocycles. The van der Waals surface area contributed by atoms with Crippen LogP contribution in [0.1, 0.15) is 151 Å². The SMILES string of the molecule is C=C(C)CC(C)(C)C.C=C(CC)c1cc(Nc2nc(C)c(C)cc2C(=C)C)ccc1N(C)C.CC.CC.CC.CC(C)C(C)c1ccccc1. The second-order valence-electron chi connectivity index (χ2n) is 13.9. The topological polar surface area (TPSA) is 28.2 Å². The van der Waals surface area contributed by atoms with Crippen LogP contribution in [0.15, 0.2) is 79.9 Å². The number of pyridine rings is 1. The van der Waals surface area contributed by atoms with Gasteiger partial charge in [0.05, 0.1) is 0 Å². The first kappa shape index (κ1) is 50.8. The van der Waals surface area contributed by atoms with E-state index in [1.165, 1.54) is 28.0 Å². The van der Waals surface area contributed by atoms with Crippen molar-refractivity contribution in [3.8, 4) is 0 Å². The predicted molar refractivity (Wildman–Crippen MR) is 234 cm³/mol. The zero-order valence-corrected chi connectivity index (χ0v) is 36.3. The minimum Gasteiger partial charge on any atom is -0.377 e. The van der Waals surface area contributed by atoms with Gasteiger partial charge >= 0.3 is 0 Å². The van der Waals surface area contributed by atoms with Crippen LogP contribution >= 0.6 is 0 Å². The number of hydrogen-bond acceptors (Lipinski definition) is 3. The summed E-state index contributed by atoms with van der Waals surface area (Å²) < 4.78 is 0. The quantitative estimate of drug-likeness (QED) is 0.227. The fourth-order valence-corrected chi connectivity index (χ4v) is 4.79. The lowest BCUT2D eigenvalue weighted by Crippen LogP contribution is -2.11. The monoisotopic (exact) mass is 686 g/mol. The van der Waals surface area contributed by atoms with Crippen LogP contribution in [0.4, 0.5) is 17.2 Å². The average molecular weight is 686 g/mol. The zero-order valence-electron chi connectivity index (χ0n) is 36.3. The Morgan fingerprint density at radius 2 is 1.32 bits per heavy atom. The second kappa shape index (κ2) is 27.2. The van der Waals surface area contributed by atoms with E-state index in [2.05, 4.69) is 161 Å². The standard InChI is InChI=1S/C22H29N3.C11H16.C8H16.3C2H6/c1-9-15(4)20-13-18(10-11-21(20)25(7)8)24-22-19(14(2)3)12-16(5)17(6)23-22;1-9(2)10(3)11-7-5-4-6-8-11;1-7(2)6-8(3,4)5;3*1-2/h10-13H,2,4,9H2,1,3,5-8H3,(H,23,24);4-10H,1-3H3;1,6H2,2-5H3;3*1-2H3. The molecule has 3 nitrogen and oxygen atoms in total. The van der Waals surface area contributed by atoms with Crippen molar-refractivity contribution in [2.45, 2.75) is 136 Å². The molecular weight excluding hydrogens is 607 g/mol. The van der Waals surface area contributed by atoms with Crippen LogP contribution < -0.4 is 10.2 Å². The Hall–Kier alpha value is -3.59. The summed E-state index contributed by atoms with van der Waals surface area (Å²) in [7, 11) is 4.11. The van der Waals surface area contributed by atoms with E-state index in [1.54, 1.807) is 0 Å². The van der Waals surface area contributed by atoms with Crippen molar-refractivity contribution in [2.75, 3.05) is 24.3 Å². The highest BCUT2D eigenvalue weighted by molar-refractivity contribution is 5.81. The normalized spacial score (nSPS) is 10.4. The molecular formula is C47H79N3. The van der Waals surface area contributed by atoms with Crippen LogP contribution in [-0.4, -0.2) is 19.1 Å². The number of nitrogens with one attached hydrogen (secondary N) is 1. The minimum absolute atomic E-state index is 0.422. The number of rotatable bonds is 9. The van der Waals surface area contributed by atoms with Crippen LogP contribution in [0, 0.1) is 25.2 Å². The molecule has 2 aromatic carbocycles. The Morgan fingerprint density at radius 3 is 1.70 bits per heavy atom. The largest absolute Gasteiger partial charge is 0.377 e. The Morgan fingerprint density at radius 1 is 0.800 bits per heavy atom. The van der Waals surface area contributed by atoms with E-state index in [0.29, 0.717) is 11.3 Å². The van der Waals surface area contributed by atoms with E-state index in [1.807, 2.05) is 55.4 Å². The second-order valence-corrected chi connectivity index (χ2v) is 13.9. The van der Waals surface area contributed by atoms with Gasteiger partial charge in [-0.3, -0.25) is 0 Å². The van der Waals surface area contributed by atoms with Crippen molar-refractivity contribution >= 4 is 28.3 Å². The van der Waals surface area contributed by atoms with Gasteiger partial charge in [-0.1, -0.05) is 139 Å². The van der Waals surface area contributed by atoms with Crippen molar-refractivity contribution in [1.29, 1.82) is 0 Å². The molecule has 50 heavy (non-hydrogen) atoms. The van der Waals surface area contributed by atoms with Gasteiger partial charge in [0.1, 0.15) is 5.82 Å². The number of benzene rings is 2. The van der Waals surface area contributed by atoms with Gasteiger partial charge in [-0.15, -0.1) is 6.58 Å². The van der Waals surface area contributed by atoms with Gasteiger partial charge in [0.25, 0.3) is 0 Å². The number of nitrogens with zero attached hydrogens (tertiary/aromatic N) is 2. The number of hydrogen-bond donors (Lipinski definition) is 1. The van der Waals surface area contributed by atoms with E-state index in [4.69, 9.17) is 4.98 Å². The summed E-state index contributed by atoms with van der Waals surface area (Å²) in [4.78, 5) is 6.86. The summed E-state index contributed by atoms with van der Waals surface area (Å²) in [5, 5.41) is 3.48. The third kappa shape index (κ3) is 20.2. The maximum absolute atomic E-state index is 4.74. The molecule has 0 saturated carbocycles. The average Bonchev–Trinajstić information content (AvgIpc) is 3.07. The molecule has 1 unspecified atom stereocenters. The van der Waals surface area contributed by atoms with Crippen molar-refractivity contribution < 1.29 is 0 Å². The zero-order chi connectivity index (χ0) is 39.8. The molecule has 0 saturated heterocycles. The number of allylic oxidation sites excluding steroid dienone is 3. The number of aromatic nitrogens is 1. The molecule has 3 aromatic rings. The van der Waals surface area contributed by atoms with Crippen LogP contribution in [0.2, 0.25) is 0 Å². The van der Waals surface area contributed by atoms with Crippen molar-refractivity contribution in [3.05, 3.63) is 108 Å². The summed E-state index contributed by atoms with van der Waals surface area (Å²) >= 11 is 0. The lowest BCUT2D eigenvalue weighted by atomic mass is 9.89. The maximum Gasteiger partial charge on any atom is 0.138 e. The lowest BCUT2D eigenvalue weighted by Gasteiger charge is -2.20. The Labute approximate surface area is 312 Å².